The average molecular weight is 281 g/mol. The highest BCUT2D eigenvalue weighted by atomic mass is 16.7. The van der Waals surface area contributed by atoms with E-state index in [1.54, 1.807) is 0 Å². The number of hydrogen-bond donors (Lipinski definition) is 1. The highest BCUT2D eigenvalue weighted by molar-refractivity contribution is 5.51. The largest absolute Gasteiger partial charge is 0.464 e. The predicted molar refractivity (Wildman–Crippen MR) is 82.5 cm³/mol. The molecular weight excluding hydrogens is 262 g/mol. The molecule has 0 radical (unpaired) electrons. The van der Waals surface area contributed by atoms with Crippen LogP contribution in [0, 0.1) is 12.8 Å². The Hall–Kier alpha value is -2.00. The van der Waals surface area contributed by atoms with Gasteiger partial charge in [0.15, 0.2) is 0 Å². The van der Waals surface area contributed by atoms with Crippen molar-refractivity contribution in [3.05, 3.63) is 59.7 Å². The lowest BCUT2D eigenvalue weighted by Gasteiger charge is -2.36. The van der Waals surface area contributed by atoms with E-state index < -0.39 is 0 Å². The normalized spacial score (nSPS) is 26.6. The van der Waals surface area contributed by atoms with Crippen LogP contribution in [0.3, 0.4) is 0 Å². The number of hydrogen-bond acceptors (Lipinski definition) is 3. The molecule has 3 heteroatoms. The second kappa shape index (κ2) is 5.08. The van der Waals surface area contributed by atoms with Gasteiger partial charge in [0, 0.05) is 17.2 Å². The summed E-state index contributed by atoms with van der Waals surface area (Å²) in [4.78, 5) is 0. The van der Waals surface area contributed by atoms with Gasteiger partial charge in [-0.15, -0.1) is 0 Å². The molecule has 0 amide bonds. The number of aryl methyl sites for hydroxylation is 1. The lowest BCUT2D eigenvalue weighted by molar-refractivity contribution is -0.0748. The SMILES string of the molecule is Cc1cccc2c1[C@H](Nc1ccccc1)[C@@H]1CCO[C@@H]1O2. The molecule has 0 saturated carbocycles. The van der Waals surface area contributed by atoms with Crippen LogP contribution in [0.15, 0.2) is 48.5 Å². The van der Waals surface area contributed by atoms with Gasteiger partial charge in [0.05, 0.1) is 12.6 Å². The van der Waals surface area contributed by atoms with Crippen LogP contribution < -0.4 is 10.1 Å². The molecule has 0 aliphatic carbocycles. The molecule has 1 N–H and O–H groups in total. The summed E-state index contributed by atoms with van der Waals surface area (Å²) >= 11 is 0. The molecule has 2 aliphatic rings. The van der Waals surface area contributed by atoms with Crippen molar-refractivity contribution in [2.75, 3.05) is 11.9 Å². The van der Waals surface area contributed by atoms with Gasteiger partial charge in [0.1, 0.15) is 5.75 Å². The monoisotopic (exact) mass is 281 g/mol. The summed E-state index contributed by atoms with van der Waals surface area (Å²) < 4.78 is 11.8. The van der Waals surface area contributed by atoms with E-state index in [9.17, 15) is 0 Å². The average Bonchev–Trinajstić information content (AvgIpc) is 2.96. The molecule has 0 bridgehead atoms. The van der Waals surface area contributed by atoms with E-state index in [0.29, 0.717) is 5.92 Å². The van der Waals surface area contributed by atoms with Gasteiger partial charge < -0.3 is 14.8 Å². The third-order valence-corrected chi connectivity index (χ3v) is 4.45. The molecule has 2 aromatic rings. The van der Waals surface area contributed by atoms with Crippen LogP contribution >= 0.6 is 0 Å². The predicted octanol–water partition coefficient (Wildman–Crippen LogP) is 3.90. The van der Waals surface area contributed by atoms with Crippen molar-refractivity contribution in [2.45, 2.75) is 25.7 Å². The second-order valence-electron chi connectivity index (χ2n) is 5.78. The first-order valence-corrected chi connectivity index (χ1v) is 7.52. The molecule has 2 heterocycles. The number of fused-ring (bicyclic) bond motifs is 2. The summed E-state index contributed by atoms with van der Waals surface area (Å²) in [7, 11) is 0. The van der Waals surface area contributed by atoms with E-state index in [0.717, 1.165) is 24.5 Å². The van der Waals surface area contributed by atoms with Gasteiger partial charge in [0.25, 0.3) is 0 Å². The molecule has 0 aromatic heterocycles. The molecule has 4 rings (SSSR count). The van der Waals surface area contributed by atoms with Crippen LogP contribution in [0.1, 0.15) is 23.6 Å². The highest BCUT2D eigenvalue weighted by Gasteiger charge is 2.42. The van der Waals surface area contributed by atoms with E-state index in [1.165, 1.54) is 11.1 Å². The van der Waals surface area contributed by atoms with Gasteiger partial charge in [0.2, 0.25) is 6.29 Å². The smallest absolute Gasteiger partial charge is 0.205 e. The lowest BCUT2D eigenvalue weighted by atomic mass is 9.86. The molecule has 3 atom stereocenters. The molecule has 0 spiro atoms. The minimum Gasteiger partial charge on any atom is -0.464 e. The zero-order chi connectivity index (χ0) is 14.2. The van der Waals surface area contributed by atoms with Crippen LogP contribution in [-0.2, 0) is 4.74 Å². The third-order valence-electron chi connectivity index (χ3n) is 4.45. The number of benzene rings is 2. The van der Waals surface area contributed by atoms with Crippen molar-refractivity contribution in [2.24, 2.45) is 5.92 Å². The topological polar surface area (TPSA) is 30.5 Å². The lowest BCUT2D eigenvalue weighted by Crippen LogP contribution is -2.36. The fourth-order valence-corrected chi connectivity index (χ4v) is 3.41. The molecular formula is C18H19NO2. The summed E-state index contributed by atoms with van der Waals surface area (Å²) in [5, 5.41) is 3.69. The van der Waals surface area contributed by atoms with Crippen molar-refractivity contribution in [1.82, 2.24) is 0 Å². The summed E-state index contributed by atoms with van der Waals surface area (Å²) in [6, 6.07) is 16.9. The highest BCUT2D eigenvalue weighted by Crippen LogP contribution is 2.46. The number of ether oxygens (including phenoxy) is 2. The van der Waals surface area contributed by atoms with Gasteiger partial charge in [-0.05, 0) is 37.1 Å². The van der Waals surface area contributed by atoms with Crippen molar-refractivity contribution in [3.63, 3.8) is 0 Å². The Morgan fingerprint density at radius 1 is 1.05 bits per heavy atom. The first-order chi connectivity index (χ1) is 10.3. The Morgan fingerprint density at radius 3 is 2.76 bits per heavy atom. The van der Waals surface area contributed by atoms with Gasteiger partial charge >= 0.3 is 0 Å². The maximum atomic E-state index is 6.04. The van der Waals surface area contributed by atoms with Gasteiger partial charge in [-0.25, -0.2) is 0 Å². The standard InChI is InChI=1S/C18H19NO2/c1-12-6-5-9-15-16(12)17(14-10-11-20-18(14)21-15)19-13-7-3-2-4-8-13/h2-9,14,17-19H,10-11H2,1H3/t14-,17+,18+/m0/s1. The first-order valence-electron chi connectivity index (χ1n) is 7.52. The van der Waals surface area contributed by atoms with Crippen LogP contribution in [0.2, 0.25) is 0 Å². The van der Waals surface area contributed by atoms with Crippen molar-refractivity contribution < 1.29 is 9.47 Å². The van der Waals surface area contributed by atoms with Crippen molar-refractivity contribution in [3.8, 4) is 5.75 Å². The molecule has 2 aromatic carbocycles. The van der Waals surface area contributed by atoms with Crippen molar-refractivity contribution in [1.29, 1.82) is 0 Å². The maximum Gasteiger partial charge on any atom is 0.205 e. The van der Waals surface area contributed by atoms with E-state index in [-0.39, 0.29) is 12.3 Å². The Labute approximate surface area is 124 Å². The van der Waals surface area contributed by atoms with E-state index >= 15 is 0 Å². The summed E-state index contributed by atoms with van der Waals surface area (Å²) in [5.41, 5.74) is 3.68. The molecule has 1 fully saturated rings. The fraction of sp³-hybridized carbons (Fsp3) is 0.333. The van der Waals surface area contributed by atoms with E-state index in [4.69, 9.17) is 9.47 Å². The first kappa shape index (κ1) is 12.7. The van der Waals surface area contributed by atoms with Crippen LogP contribution in [0.4, 0.5) is 5.69 Å². The minimum absolute atomic E-state index is 0.125. The number of rotatable bonds is 2. The maximum absolute atomic E-state index is 6.04. The van der Waals surface area contributed by atoms with Gasteiger partial charge in [-0.3, -0.25) is 0 Å². The molecule has 3 nitrogen and oxygen atoms in total. The number of anilines is 1. The van der Waals surface area contributed by atoms with Gasteiger partial charge in [-0.1, -0.05) is 30.3 Å². The third kappa shape index (κ3) is 2.18. The molecule has 1 saturated heterocycles. The zero-order valence-corrected chi connectivity index (χ0v) is 12.1. The quantitative estimate of drug-likeness (QED) is 0.905. The molecule has 0 unspecified atom stereocenters. The van der Waals surface area contributed by atoms with Crippen LogP contribution in [0.5, 0.6) is 5.75 Å². The Balaban J connectivity index is 1.76. The zero-order valence-electron chi connectivity index (χ0n) is 12.1. The number of nitrogens with one attached hydrogen (secondary N) is 1. The van der Waals surface area contributed by atoms with E-state index in [2.05, 4.69) is 42.6 Å². The Bertz CT molecular complexity index is 641. The van der Waals surface area contributed by atoms with Crippen LogP contribution in [0.25, 0.3) is 0 Å². The van der Waals surface area contributed by atoms with Crippen molar-refractivity contribution >= 4 is 5.69 Å². The summed E-state index contributed by atoms with van der Waals surface area (Å²) in [6.45, 7) is 2.92. The summed E-state index contributed by atoms with van der Waals surface area (Å²) in [6.07, 6.45) is 0.906. The number of para-hydroxylation sites is 1. The molecule has 108 valence electrons. The summed E-state index contributed by atoms with van der Waals surface area (Å²) in [5.74, 6) is 1.31. The van der Waals surface area contributed by atoms with Gasteiger partial charge in [-0.2, -0.15) is 0 Å². The molecule has 21 heavy (non-hydrogen) atoms. The molecule has 2 aliphatic heterocycles. The Morgan fingerprint density at radius 2 is 1.90 bits per heavy atom. The second-order valence-corrected chi connectivity index (χ2v) is 5.78. The minimum atomic E-state index is -0.125. The fourth-order valence-electron chi connectivity index (χ4n) is 3.41. The Kier molecular flexibility index (Phi) is 3.08. The van der Waals surface area contributed by atoms with Crippen LogP contribution in [-0.4, -0.2) is 12.9 Å². The van der Waals surface area contributed by atoms with E-state index in [1.807, 2.05) is 18.2 Å².